The number of hydrogen-bond donors (Lipinski definition) is 2. The summed E-state index contributed by atoms with van der Waals surface area (Å²) in [7, 11) is 0. The fourth-order valence-corrected chi connectivity index (χ4v) is 2.88. The molecule has 5 heteroatoms. The zero-order chi connectivity index (χ0) is 13.0. The molecule has 0 radical (unpaired) electrons. The van der Waals surface area contributed by atoms with Gasteiger partial charge in [-0.25, -0.2) is 0 Å². The monoisotopic (exact) mass is 254 g/mol. The number of hydrogen-bond acceptors (Lipinski definition) is 3. The molecule has 2 rings (SSSR count). The predicted octanol–water partition coefficient (Wildman–Crippen LogP) is 0.842. The van der Waals surface area contributed by atoms with Gasteiger partial charge in [0.15, 0.2) is 0 Å². The fourth-order valence-electron chi connectivity index (χ4n) is 2.88. The Hall–Kier alpha value is -1.10. The molecule has 0 aliphatic carbocycles. The Kier molecular flexibility index (Phi) is 4.58. The first-order valence-corrected chi connectivity index (χ1v) is 6.91. The highest BCUT2D eigenvalue weighted by molar-refractivity contribution is 5.82. The predicted molar refractivity (Wildman–Crippen MR) is 67.2 cm³/mol. The number of nitrogens with one attached hydrogen (secondary N) is 1. The van der Waals surface area contributed by atoms with Crippen molar-refractivity contribution in [1.82, 2.24) is 10.2 Å². The SMILES string of the molecule is O=C(O)CCC1CCN(C(=O)C2CCCCN2)C1. The van der Waals surface area contributed by atoms with Crippen LogP contribution in [0.15, 0.2) is 0 Å². The summed E-state index contributed by atoms with van der Waals surface area (Å²) in [5.74, 6) is -0.158. The molecule has 0 aromatic heterocycles. The van der Waals surface area contributed by atoms with E-state index >= 15 is 0 Å². The Morgan fingerprint density at radius 1 is 1.28 bits per heavy atom. The number of rotatable bonds is 4. The van der Waals surface area contributed by atoms with Crippen molar-refractivity contribution in [3.8, 4) is 0 Å². The zero-order valence-electron chi connectivity index (χ0n) is 10.7. The molecule has 2 atom stereocenters. The van der Waals surface area contributed by atoms with Gasteiger partial charge in [0.25, 0.3) is 0 Å². The van der Waals surface area contributed by atoms with E-state index in [1.54, 1.807) is 0 Å². The summed E-state index contributed by atoms with van der Waals surface area (Å²) in [5.41, 5.74) is 0. The van der Waals surface area contributed by atoms with Crippen LogP contribution >= 0.6 is 0 Å². The molecule has 1 amide bonds. The molecule has 2 unspecified atom stereocenters. The molecular weight excluding hydrogens is 232 g/mol. The highest BCUT2D eigenvalue weighted by Gasteiger charge is 2.31. The van der Waals surface area contributed by atoms with Crippen molar-refractivity contribution >= 4 is 11.9 Å². The lowest BCUT2D eigenvalue weighted by Gasteiger charge is -2.27. The van der Waals surface area contributed by atoms with Crippen LogP contribution in [0, 0.1) is 5.92 Å². The van der Waals surface area contributed by atoms with E-state index in [1.165, 1.54) is 0 Å². The number of piperidine rings is 1. The summed E-state index contributed by atoms with van der Waals surface area (Å²) in [5, 5.41) is 11.9. The maximum absolute atomic E-state index is 12.2. The van der Waals surface area contributed by atoms with E-state index in [0.29, 0.717) is 12.3 Å². The Morgan fingerprint density at radius 3 is 2.78 bits per heavy atom. The Morgan fingerprint density at radius 2 is 2.11 bits per heavy atom. The van der Waals surface area contributed by atoms with Gasteiger partial charge in [-0.15, -0.1) is 0 Å². The summed E-state index contributed by atoms with van der Waals surface area (Å²) < 4.78 is 0. The summed E-state index contributed by atoms with van der Waals surface area (Å²) >= 11 is 0. The summed E-state index contributed by atoms with van der Waals surface area (Å²) in [6.45, 7) is 2.47. The van der Waals surface area contributed by atoms with Crippen LogP contribution in [0.2, 0.25) is 0 Å². The molecule has 0 aromatic rings. The van der Waals surface area contributed by atoms with E-state index in [2.05, 4.69) is 5.32 Å². The van der Waals surface area contributed by atoms with Crippen molar-refractivity contribution < 1.29 is 14.7 Å². The van der Waals surface area contributed by atoms with Gasteiger partial charge in [0.2, 0.25) is 5.91 Å². The van der Waals surface area contributed by atoms with Crippen molar-refractivity contribution in [1.29, 1.82) is 0 Å². The average molecular weight is 254 g/mol. The third-order valence-electron chi connectivity index (χ3n) is 3.97. The minimum atomic E-state index is -0.742. The number of carbonyl (C=O) groups is 2. The fraction of sp³-hybridized carbons (Fsp3) is 0.846. The summed E-state index contributed by atoms with van der Waals surface area (Å²) in [4.78, 5) is 24.7. The summed E-state index contributed by atoms with van der Waals surface area (Å²) in [6.07, 6.45) is 5.08. The van der Waals surface area contributed by atoms with Gasteiger partial charge in [-0.3, -0.25) is 9.59 Å². The number of likely N-dealkylation sites (tertiary alicyclic amines) is 1. The van der Waals surface area contributed by atoms with E-state index in [4.69, 9.17) is 5.11 Å². The Labute approximate surface area is 108 Å². The molecule has 0 bridgehead atoms. The van der Waals surface area contributed by atoms with Crippen LogP contribution in [0.1, 0.15) is 38.5 Å². The van der Waals surface area contributed by atoms with E-state index in [0.717, 1.165) is 45.3 Å². The van der Waals surface area contributed by atoms with Gasteiger partial charge in [0, 0.05) is 19.5 Å². The lowest BCUT2D eigenvalue weighted by molar-refractivity contribution is -0.137. The van der Waals surface area contributed by atoms with Gasteiger partial charge in [-0.05, 0) is 38.1 Å². The molecule has 2 saturated heterocycles. The first kappa shape index (κ1) is 13.3. The van der Waals surface area contributed by atoms with Gasteiger partial charge in [0.05, 0.1) is 6.04 Å². The van der Waals surface area contributed by atoms with Crippen LogP contribution in [-0.4, -0.2) is 47.6 Å². The average Bonchev–Trinajstić information content (AvgIpc) is 2.85. The number of nitrogens with zero attached hydrogens (tertiary/aromatic N) is 1. The Bertz CT molecular complexity index is 313. The van der Waals surface area contributed by atoms with Crippen molar-refractivity contribution in [2.75, 3.05) is 19.6 Å². The van der Waals surface area contributed by atoms with Crippen LogP contribution in [0.4, 0.5) is 0 Å². The van der Waals surface area contributed by atoms with Crippen LogP contribution in [0.25, 0.3) is 0 Å². The van der Waals surface area contributed by atoms with Gasteiger partial charge in [0.1, 0.15) is 0 Å². The lowest BCUT2D eigenvalue weighted by Crippen LogP contribution is -2.47. The zero-order valence-corrected chi connectivity index (χ0v) is 10.7. The van der Waals surface area contributed by atoms with E-state index in [9.17, 15) is 9.59 Å². The molecule has 18 heavy (non-hydrogen) atoms. The van der Waals surface area contributed by atoms with Gasteiger partial charge in [-0.1, -0.05) is 6.42 Å². The number of carbonyl (C=O) groups excluding carboxylic acids is 1. The molecule has 0 spiro atoms. The largest absolute Gasteiger partial charge is 0.481 e. The van der Waals surface area contributed by atoms with Gasteiger partial charge >= 0.3 is 5.97 Å². The molecule has 2 aliphatic rings. The molecule has 0 saturated carbocycles. The van der Waals surface area contributed by atoms with E-state index in [-0.39, 0.29) is 18.4 Å². The third-order valence-corrected chi connectivity index (χ3v) is 3.97. The molecule has 5 nitrogen and oxygen atoms in total. The third kappa shape index (κ3) is 3.45. The number of carboxylic acid groups (broad SMARTS) is 1. The lowest BCUT2D eigenvalue weighted by atomic mass is 10.0. The standard InChI is InChI=1S/C13H22N2O3/c16-12(17)5-4-10-6-8-15(9-10)13(18)11-3-1-2-7-14-11/h10-11,14H,1-9H2,(H,16,17). The minimum Gasteiger partial charge on any atom is -0.481 e. The van der Waals surface area contributed by atoms with Crippen LogP contribution in [0.5, 0.6) is 0 Å². The second kappa shape index (κ2) is 6.18. The molecule has 2 fully saturated rings. The highest BCUT2D eigenvalue weighted by Crippen LogP contribution is 2.22. The van der Waals surface area contributed by atoms with E-state index in [1.807, 2.05) is 4.90 Å². The highest BCUT2D eigenvalue weighted by atomic mass is 16.4. The second-order valence-corrected chi connectivity index (χ2v) is 5.37. The first-order valence-electron chi connectivity index (χ1n) is 6.91. The van der Waals surface area contributed by atoms with Crippen molar-refractivity contribution in [2.24, 2.45) is 5.92 Å². The molecule has 0 aromatic carbocycles. The van der Waals surface area contributed by atoms with Crippen molar-refractivity contribution in [3.63, 3.8) is 0 Å². The van der Waals surface area contributed by atoms with Crippen LogP contribution in [-0.2, 0) is 9.59 Å². The maximum Gasteiger partial charge on any atom is 0.303 e. The molecule has 2 aliphatic heterocycles. The second-order valence-electron chi connectivity index (χ2n) is 5.37. The molecule has 102 valence electrons. The maximum atomic E-state index is 12.2. The van der Waals surface area contributed by atoms with Crippen LogP contribution < -0.4 is 5.32 Å². The van der Waals surface area contributed by atoms with Crippen molar-refractivity contribution in [3.05, 3.63) is 0 Å². The quantitative estimate of drug-likeness (QED) is 0.780. The van der Waals surface area contributed by atoms with Gasteiger partial charge in [-0.2, -0.15) is 0 Å². The number of carboxylic acids is 1. The Balaban J connectivity index is 1.77. The van der Waals surface area contributed by atoms with E-state index < -0.39 is 5.97 Å². The minimum absolute atomic E-state index is 0.00280. The van der Waals surface area contributed by atoms with Gasteiger partial charge < -0.3 is 15.3 Å². The van der Waals surface area contributed by atoms with Crippen molar-refractivity contribution in [2.45, 2.75) is 44.6 Å². The van der Waals surface area contributed by atoms with Crippen LogP contribution in [0.3, 0.4) is 0 Å². The number of aliphatic carboxylic acids is 1. The molecule has 2 heterocycles. The molecular formula is C13H22N2O3. The first-order chi connectivity index (χ1) is 8.66. The smallest absolute Gasteiger partial charge is 0.303 e. The topological polar surface area (TPSA) is 69.6 Å². The normalized spacial score (nSPS) is 28.3. The number of amides is 1. The molecule has 2 N–H and O–H groups in total. The summed E-state index contributed by atoms with van der Waals surface area (Å²) in [6, 6.07) is -0.00280.